The summed E-state index contributed by atoms with van der Waals surface area (Å²) in [5.41, 5.74) is 1.97. The van der Waals surface area contributed by atoms with Gasteiger partial charge in [0.2, 0.25) is 5.91 Å². The molecular weight excluding hydrogens is 354 g/mol. The summed E-state index contributed by atoms with van der Waals surface area (Å²) >= 11 is 0. The summed E-state index contributed by atoms with van der Waals surface area (Å²) in [6, 6.07) is 7.60. The Bertz CT molecular complexity index is 717. The normalized spacial score (nSPS) is 28.8. The summed E-state index contributed by atoms with van der Waals surface area (Å²) in [6.07, 6.45) is 3.38. The maximum Gasteiger partial charge on any atom is 0.254 e. The SMILES string of the molecule is CC1CN(C(=O)c2ccc(CNC(=O)C3CC34CCNCC4)cc2)CC(C)O1. The molecule has 152 valence electrons. The molecule has 2 saturated heterocycles. The quantitative estimate of drug-likeness (QED) is 0.831. The zero-order valence-corrected chi connectivity index (χ0v) is 16.9. The maximum absolute atomic E-state index is 12.7. The molecule has 1 aromatic carbocycles. The van der Waals surface area contributed by atoms with Gasteiger partial charge in [0.25, 0.3) is 5.91 Å². The van der Waals surface area contributed by atoms with E-state index in [-0.39, 0.29) is 35.4 Å². The smallest absolute Gasteiger partial charge is 0.254 e. The summed E-state index contributed by atoms with van der Waals surface area (Å²) in [7, 11) is 0. The number of piperidine rings is 1. The van der Waals surface area contributed by atoms with E-state index in [4.69, 9.17) is 4.74 Å². The standard InChI is InChI=1S/C22H31N3O3/c1-15-13-25(14-16(2)28-15)21(27)18-5-3-17(4-6-18)12-24-20(26)19-11-22(19)7-9-23-10-8-22/h3-6,15-16,19,23H,7-14H2,1-2H3,(H,24,26). The van der Waals surface area contributed by atoms with Gasteiger partial charge in [0.05, 0.1) is 12.2 Å². The Balaban J connectivity index is 1.29. The first-order valence-corrected chi connectivity index (χ1v) is 10.5. The van der Waals surface area contributed by atoms with Gasteiger partial charge >= 0.3 is 0 Å². The van der Waals surface area contributed by atoms with Crippen LogP contribution in [0.2, 0.25) is 0 Å². The van der Waals surface area contributed by atoms with Crippen LogP contribution in [0.15, 0.2) is 24.3 Å². The predicted octanol–water partition coefficient (Wildman–Crippen LogP) is 1.94. The fourth-order valence-corrected chi connectivity index (χ4v) is 4.80. The fraction of sp³-hybridized carbons (Fsp3) is 0.636. The van der Waals surface area contributed by atoms with Gasteiger partial charge in [0, 0.05) is 31.1 Å². The third-order valence-corrected chi connectivity index (χ3v) is 6.48. The number of carbonyl (C=O) groups excluding carboxylic acids is 2. The van der Waals surface area contributed by atoms with Gasteiger partial charge < -0.3 is 20.3 Å². The predicted molar refractivity (Wildman–Crippen MR) is 107 cm³/mol. The third-order valence-electron chi connectivity index (χ3n) is 6.48. The Labute approximate surface area is 167 Å². The van der Waals surface area contributed by atoms with Crippen LogP contribution in [0, 0.1) is 11.3 Å². The van der Waals surface area contributed by atoms with Crippen molar-refractivity contribution in [1.82, 2.24) is 15.5 Å². The van der Waals surface area contributed by atoms with Crippen LogP contribution >= 0.6 is 0 Å². The lowest BCUT2D eigenvalue weighted by Crippen LogP contribution is -2.48. The molecule has 1 aliphatic carbocycles. The van der Waals surface area contributed by atoms with Crippen molar-refractivity contribution in [2.45, 2.75) is 51.9 Å². The van der Waals surface area contributed by atoms with Crippen molar-refractivity contribution < 1.29 is 14.3 Å². The average molecular weight is 386 g/mol. The molecule has 1 aromatic rings. The highest BCUT2D eigenvalue weighted by molar-refractivity contribution is 5.94. The Kier molecular flexibility index (Phi) is 5.43. The zero-order valence-electron chi connectivity index (χ0n) is 16.9. The number of morpholine rings is 1. The van der Waals surface area contributed by atoms with Crippen LogP contribution in [0.3, 0.4) is 0 Å². The topological polar surface area (TPSA) is 70.7 Å². The van der Waals surface area contributed by atoms with Crippen LogP contribution in [-0.4, -0.2) is 55.1 Å². The average Bonchev–Trinajstić information content (AvgIpc) is 3.38. The molecule has 1 saturated carbocycles. The minimum Gasteiger partial charge on any atom is -0.372 e. The number of hydrogen-bond donors (Lipinski definition) is 2. The molecule has 2 amide bonds. The minimum absolute atomic E-state index is 0.0448. The van der Waals surface area contributed by atoms with Crippen LogP contribution in [0.4, 0.5) is 0 Å². The van der Waals surface area contributed by atoms with E-state index in [0.717, 1.165) is 37.9 Å². The van der Waals surface area contributed by atoms with Crippen LogP contribution < -0.4 is 10.6 Å². The van der Waals surface area contributed by atoms with E-state index in [1.54, 1.807) is 0 Å². The van der Waals surface area contributed by atoms with Gasteiger partial charge in [-0.3, -0.25) is 9.59 Å². The summed E-state index contributed by atoms with van der Waals surface area (Å²) in [6.45, 7) is 7.81. The van der Waals surface area contributed by atoms with E-state index >= 15 is 0 Å². The second-order valence-corrected chi connectivity index (χ2v) is 8.75. The third kappa shape index (κ3) is 4.08. The Morgan fingerprint density at radius 2 is 1.79 bits per heavy atom. The van der Waals surface area contributed by atoms with Crippen molar-refractivity contribution >= 4 is 11.8 Å². The van der Waals surface area contributed by atoms with Crippen LogP contribution in [0.1, 0.15) is 49.0 Å². The van der Waals surface area contributed by atoms with Gasteiger partial charge in [0.15, 0.2) is 0 Å². The lowest BCUT2D eigenvalue weighted by molar-refractivity contribution is -0.123. The van der Waals surface area contributed by atoms with Crippen LogP contribution in [-0.2, 0) is 16.1 Å². The summed E-state index contributed by atoms with van der Waals surface area (Å²) in [5, 5.41) is 6.46. The van der Waals surface area contributed by atoms with Crippen molar-refractivity contribution in [3.63, 3.8) is 0 Å². The molecule has 0 aromatic heterocycles. The van der Waals surface area contributed by atoms with E-state index in [1.165, 1.54) is 0 Å². The van der Waals surface area contributed by atoms with Gasteiger partial charge in [0.1, 0.15) is 0 Å². The largest absolute Gasteiger partial charge is 0.372 e. The first-order valence-electron chi connectivity index (χ1n) is 10.5. The molecule has 3 aliphatic rings. The molecule has 28 heavy (non-hydrogen) atoms. The minimum atomic E-state index is 0.0448. The lowest BCUT2D eigenvalue weighted by atomic mass is 9.92. The van der Waals surface area contributed by atoms with Crippen LogP contribution in [0.25, 0.3) is 0 Å². The molecule has 2 N–H and O–H groups in total. The Hall–Kier alpha value is -1.92. The number of nitrogens with one attached hydrogen (secondary N) is 2. The fourth-order valence-electron chi connectivity index (χ4n) is 4.80. The van der Waals surface area contributed by atoms with E-state index in [2.05, 4.69) is 10.6 Å². The highest BCUT2D eigenvalue weighted by atomic mass is 16.5. The highest BCUT2D eigenvalue weighted by Gasteiger charge is 2.57. The van der Waals surface area contributed by atoms with Gasteiger partial charge in [-0.2, -0.15) is 0 Å². The number of hydrogen-bond acceptors (Lipinski definition) is 4. The van der Waals surface area contributed by atoms with Crippen molar-refractivity contribution in [1.29, 1.82) is 0 Å². The summed E-state index contributed by atoms with van der Waals surface area (Å²) < 4.78 is 5.70. The Morgan fingerprint density at radius 1 is 1.14 bits per heavy atom. The van der Waals surface area contributed by atoms with Crippen molar-refractivity contribution in [3.05, 3.63) is 35.4 Å². The van der Waals surface area contributed by atoms with Crippen LogP contribution in [0.5, 0.6) is 0 Å². The van der Waals surface area contributed by atoms with Crippen molar-refractivity contribution in [2.24, 2.45) is 11.3 Å². The van der Waals surface area contributed by atoms with Gasteiger partial charge in [-0.1, -0.05) is 12.1 Å². The number of amides is 2. The molecule has 3 atom stereocenters. The number of benzene rings is 1. The van der Waals surface area contributed by atoms with Gasteiger partial charge in [-0.05, 0) is 69.3 Å². The second-order valence-electron chi connectivity index (χ2n) is 8.75. The molecule has 2 aliphatic heterocycles. The van der Waals surface area contributed by atoms with E-state index < -0.39 is 0 Å². The summed E-state index contributed by atoms with van der Waals surface area (Å²) in [5.74, 6) is 0.405. The number of ether oxygens (including phenoxy) is 1. The molecule has 6 heteroatoms. The van der Waals surface area contributed by atoms with E-state index in [9.17, 15) is 9.59 Å². The molecule has 0 radical (unpaired) electrons. The molecular formula is C22H31N3O3. The molecule has 3 fully saturated rings. The van der Waals surface area contributed by atoms with Gasteiger partial charge in [-0.25, -0.2) is 0 Å². The Morgan fingerprint density at radius 3 is 2.43 bits per heavy atom. The number of carbonyl (C=O) groups is 2. The monoisotopic (exact) mass is 385 g/mol. The molecule has 2 heterocycles. The second kappa shape index (κ2) is 7.84. The first-order chi connectivity index (χ1) is 13.5. The number of rotatable bonds is 4. The van der Waals surface area contributed by atoms with Crippen molar-refractivity contribution in [2.75, 3.05) is 26.2 Å². The first kappa shape index (κ1) is 19.4. The zero-order chi connectivity index (χ0) is 19.7. The number of nitrogens with zero attached hydrogens (tertiary/aromatic N) is 1. The lowest BCUT2D eigenvalue weighted by Gasteiger charge is -2.35. The molecule has 0 bridgehead atoms. The maximum atomic E-state index is 12.7. The molecule has 6 nitrogen and oxygen atoms in total. The molecule has 3 unspecified atom stereocenters. The van der Waals surface area contributed by atoms with Gasteiger partial charge in [-0.15, -0.1) is 0 Å². The van der Waals surface area contributed by atoms with E-state index in [0.29, 0.717) is 25.2 Å². The molecule has 1 spiro atoms. The highest BCUT2D eigenvalue weighted by Crippen LogP contribution is 2.58. The van der Waals surface area contributed by atoms with Crippen molar-refractivity contribution in [3.8, 4) is 0 Å². The molecule has 4 rings (SSSR count). The van der Waals surface area contributed by atoms with E-state index in [1.807, 2.05) is 43.0 Å². The summed E-state index contributed by atoms with van der Waals surface area (Å²) in [4.78, 5) is 27.1.